The van der Waals surface area contributed by atoms with Crippen molar-refractivity contribution < 1.29 is 21.0 Å². The maximum absolute atomic E-state index is 12.4. The number of hydrogen-bond donors (Lipinski definition) is 0. The van der Waals surface area contributed by atoms with Gasteiger partial charge < -0.3 is 4.18 Å². The van der Waals surface area contributed by atoms with Crippen molar-refractivity contribution >= 4 is 43.2 Å². The molecule has 0 amide bonds. The van der Waals surface area contributed by atoms with Gasteiger partial charge in [0.25, 0.3) is 0 Å². The summed E-state index contributed by atoms with van der Waals surface area (Å²) in [7, 11) is -7.77. The Kier molecular flexibility index (Phi) is 4.96. The van der Waals surface area contributed by atoms with Gasteiger partial charge in [-0.15, -0.1) is 0 Å². The number of aryl methyl sites for hydroxylation is 1. The Morgan fingerprint density at radius 1 is 0.913 bits per heavy atom. The Morgan fingerprint density at radius 3 is 2.13 bits per heavy atom. The maximum Gasteiger partial charge on any atom is 0.339 e. The highest BCUT2D eigenvalue weighted by molar-refractivity contribution is 7.90. The third kappa shape index (κ3) is 4.17. The van der Waals surface area contributed by atoms with Crippen molar-refractivity contribution in [3.8, 4) is 5.75 Å². The molecule has 0 N–H and O–H groups in total. The third-order valence-corrected chi connectivity index (χ3v) is 6.19. The standard InChI is InChI=1S/C14H12Cl2O5S2/c1-9-3-5-11(22(2,17)18)8-14(9)23(19,20)21-10-4-6-12(15)13(16)7-10/h3-8H,1-2H3. The molecule has 0 spiro atoms. The minimum absolute atomic E-state index is 0.0245. The van der Waals surface area contributed by atoms with Crippen LogP contribution in [0.2, 0.25) is 10.0 Å². The molecule has 0 saturated heterocycles. The van der Waals surface area contributed by atoms with Gasteiger partial charge in [-0.1, -0.05) is 29.3 Å². The summed E-state index contributed by atoms with van der Waals surface area (Å²) < 4.78 is 53.0. The predicted octanol–water partition coefficient (Wildman–Crippen LogP) is 3.47. The first-order valence-electron chi connectivity index (χ1n) is 6.21. The van der Waals surface area contributed by atoms with Crippen molar-refractivity contribution in [1.29, 1.82) is 0 Å². The van der Waals surface area contributed by atoms with Crippen molar-refractivity contribution in [2.24, 2.45) is 0 Å². The molecule has 0 fully saturated rings. The molecule has 23 heavy (non-hydrogen) atoms. The first-order chi connectivity index (χ1) is 10.5. The highest BCUT2D eigenvalue weighted by Crippen LogP contribution is 2.29. The van der Waals surface area contributed by atoms with Crippen molar-refractivity contribution in [3.05, 3.63) is 52.0 Å². The van der Waals surface area contributed by atoms with E-state index in [-0.39, 0.29) is 25.6 Å². The molecule has 0 atom stereocenters. The SMILES string of the molecule is Cc1ccc(S(C)(=O)=O)cc1S(=O)(=O)Oc1ccc(Cl)c(Cl)c1. The second-order valence-corrected chi connectivity index (χ2v) is 9.16. The second-order valence-electron chi connectivity index (χ2n) is 4.81. The van der Waals surface area contributed by atoms with Crippen LogP contribution < -0.4 is 4.18 Å². The fourth-order valence-corrected chi connectivity index (χ4v) is 3.97. The molecule has 124 valence electrons. The highest BCUT2D eigenvalue weighted by Gasteiger charge is 2.22. The second kappa shape index (κ2) is 6.32. The van der Waals surface area contributed by atoms with Crippen LogP contribution in [0.5, 0.6) is 5.75 Å². The fraction of sp³-hybridized carbons (Fsp3) is 0.143. The predicted molar refractivity (Wildman–Crippen MR) is 88.6 cm³/mol. The third-order valence-electron chi connectivity index (χ3n) is 2.95. The van der Waals surface area contributed by atoms with Crippen LogP contribution in [0.4, 0.5) is 0 Å². The largest absolute Gasteiger partial charge is 0.379 e. The normalized spacial score (nSPS) is 12.2. The number of halogens is 2. The molecule has 2 aromatic carbocycles. The molecule has 0 bridgehead atoms. The van der Waals surface area contributed by atoms with E-state index >= 15 is 0 Å². The Morgan fingerprint density at radius 2 is 1.57 bits per heavy atom. The molecule has 0 aliphatic rings. The number of sulfone groups is 1. The Balaban J connectivity index is 2.49. The molecule has 0 heterocycles. The van der Waals surface area contributed by atoms with E-state index in [1.54, 1.807) is 0 Å². The maximum atomic E-state index is 12.4. The van der Waals surface area contributed by atoms with Crippen LogP contribution in [0, 0.1) is 6.92 Å². The summed E-state index contributed by atoms with van der Waals surface area (Å²) in [5.41, 5.74) is 0.359. The lowest BCUT2D eigenvalue weighted by Gasteiger charge is -2.11. The molecule has 0 aromatic heterocycles. The first kappa shape index (κ1) is 18.1. The average molecular weight is 395 g/mol. The van der Waals surface area contributed by atoms with Crippen molar-refractivity contribution in [2.45, 2.75) is 16.7 Å². The van der Waals surface area contributed by atoms with Gasteiger partial charge in [-0.2, -0.15) is 8.42 Å². The Labute approximate surface area is 144 Å². The monoisotopic (exact) mass is 394 g/mol. The summed E-state index contributed by atoms with van der Waals surface area (Å²) in [6, 6.07) is 7.81. The van der Waals surface area contributed by atoms with Crippen LogP contribution in [0.25, 0.3) is 0 Å². The Bertz CT molecular complexity index is 967. The zero-order valence-corrected chi connectivity index (χ0v) is 15.2. The lowest BCUT2D eigenvalue weighted by atomic mass is 10.2. The zero-order chi connectivity index (χ0) is 17.4. The quantitative estimate of drug-likeness (QED) is 0.741. The van der Waals surface area contributed by atoms with Gasteiger partial charge in [0.05, 0.1) is 14.9 Å². The lowest BCUT2D eigenvalue weighted by Crippen LogP contribution is -2.12. The number of benzene rings is 2. The van der Waals surface area contributed by atoms with E-state index in [1.807, 2.05) is 0 Å². The minimum atomic E-state index is -4.22. The number of rotatable bonds is 4. The van der Waals surface area contributed by atoms with E-state index in [1.165, 1.54) is 37.3 Å². The van der Waals surface area contributed by atoms with Crippen LogP contribution in [-0.2, 0) is 20.0 Å². The van der Waals surface area contributed by atoms with Crippen LogP contribution >= 0.6 is 23.2 Å². The van der Waals surface area contributed by atoms with E-state index in [2.05, 4.69) is 0 Å². The van der Waals surface area contributed by atoms with Gasteiger partial charge in [0.2, 0.25) is 0 Å². The molecule has 9 heteroatoms. The summed E-state index contributed by atoms with van der Waals surface area (Å²) in [5.74, 6) is -0.0245. The molecular weight excluding hydrogens is 383 g/mol. The van der Waals surface area contributed by atoms with Gasteiger partial charge in [-0.25, -0.2) is 8.42 Å². The van der Waals surface area contributed by atoms with Crippen LogP contribution in [-0.4, -0.2) is 23.1 Å². The van der Waals surface area contributed by atoms with E-state index in [0.717, 1.165) is 12.3 Å². The summed E-state index contributed by atoms with van der Waals surface area (Å²) >= 11 is 11.6. The summed E-state index contributed by atoms with van der Waals surface area (Å²) in [4.78, 5) is -0.342. The molecule has 2 aromatic rings. The molecular formula is C14H12Cl2O5S2. The van der Waals surface area contributed by atoms with Gasteiger partial charge in [0.15, 0.2) is 9.84 Å². The van der Waals surface area contributed by atoms with Gasteiger partial charge >= 0.3 is 10.1 Å². The smallest absolute Gasteiger partial charge is 0.339 e. The molecule has 5 nitrogen and oxygen atoms in total. The average Bonchev–Trinajstić information content (AvgIpc) is 2.41. The van der Waals surface area contributed by atoms with E-state index in [4.69, 9.17) is 27.4 Å². The van der Waals surface area contributed by atoms with Gasteiger partial charge in [-0.05, 0) is 36.8 Å². The van der Waals surface area contributed by atoms with Crippen LogP contribution in [0.1, 0.15) is 5.56 Å². The molecule has 0 aliphatic carbocycles. The summed E-state index contributed by atoms with van der Waals surface area (Å²) in [6.45, 7) is 1.54. The molecule has 0 unspecified atom stereocenters. The summed E-state index contributed by atoms with van der Waals surface area (Å²) in [6.07, 6.45) is 0.994. The van der Waals surface area contributed by atoms with E-state index in [9.17, 15) is 16.8 Å². The van der Waals surface area contributed by atoms with Crippen molar-refractivity contribution in [1.82, 2.24) is 0 Å². The van der Waals surface area contributed by atoms with Crippen LogP contribution in [0.3, 0.4) is 0 Å². The topological polar surface area (TPSA) is 77.5 Å². The molecule has 0 radical (unpaired) electrons. The van der Waals surface area contributed by atoms with E-state index < -0.39 is 20.0 Å². The highest BCUT2D eigenvalue weighted by atomic mass is 35.5. The number of hydrogen-bond acceptors (Lipinski definition) is 5. The Hall–Kier alpha value is -1.28. The lowest BCUT2D eigenvalue weighted by molar-refractivity contribution is 0.485. The molecule has 2 rings (SSSR count). The molecule has 0 aliphatic heterocycles. The van der Waals surface area contributed by atoms with Crippen LogP contribution in [0.15, 0.2) is 46.2 Å². The van der Waals surface area contributed by atoms with Gasteiger partial charge in [0.1, 0.15) is 10.6 Å². The van der Waals surface area contributed by atoms with Gasteiger partial charge in [-0.3, -0.25) is 0 Å². The van der Waals surface area contributed by atoms with E-state index in [0.29, 0.717) is 5.56 Å². The van der Waals surface area contributed by atoms with Crippen molar-refractivity contribution in [2.75, 3.05) is 6.26 Å². The minimum Gasteiger partial charge on any atom is -0.379 e. The van der Waals surface area contributed by atoms with Crippen molar-refractivity contribution in [3.63, 3.8) is 0 Å². The van der Waals surface area contributed by atoms with Gasteiger partial charge in [0, 0.05) is 12.3 Å². The zero-order valence-electron chi connectivity index (χ0n) is 12.1. The fourth-order valence-electron chi connectivity index (χ4n) is 1.78. The summed E-state index contributed by atoms with van der Waals surface area (Å²) in [5, 5.41) is 0.396. The molecule has 0 saturated carbocycles. The first-order valence-corrected chi connectivity index (χ1v) is 10.3.